The van der Waals surface area contributed by atoms with Crippen LogP contribution in [0.15, 0.2) is 30.5 Å². The van der Waals surface area contributed by atoms with Crippen LogP contribution in [-0.4, -0.2) is 99.4 Å². The SMILES string of the molecule is C[C@]1(COc2nc(N3CCOCC4C(F)C43)c3cnc(-c4cc(N)cc5ccc(F)c(OC(O)(O)F)c45)c(F)c3n2)CCCN1CC1CC1(F)F. The number of nitrogen functional groups attached to an aromatic ring is 1. The molecule has 4 fully saturated rings. The molecule has 17 heteroatoms. The van der Waals surface area contributed by atoms with Gasteiger partial charge in [0.1, 0.15) is 29.8 Å². The lowest BCUT2D eigenvalue weighted by Crippen LogP contribution is -2.47. The van der Waals surface area contributed by atoms with Gasteiger partial charge >= 0.3 is 12.2 Å². The average Bonchev–Trinajstić information content (AvgIpc) is 3.88. The van der Waals surface area contributed by atoms with E-state index in [9.17, 15) is 27.8 Å². The highest BCUT2D eigenvalue weighted by Gasteiger charge is 2.59. The normalized spacial score (nSPS) is 27.4. The van der Waals surface area contributed by atoms with Crippen molar-refractivity contribution in [1.29, 1.82) is 0 Å². The van der Waals surface area contributed by atoms with Gasteiger partial charge in [-0.05, 0) is 49.9 Å². The number of hydrogen-bond acceptors (Lipinski definition) is 11. The molecular weight excluding hydrogens is 686 g/mol. The summed E-state index contributed by atoms with van der Waals surface area (Å²) in [7, 11) is 0. The Labute approximate surface area is 286 Å². The van der Waals surface area contributed by atoms with Crippen molar-refractivity contribution < 1.29 is 50.8 Å². The van der Waals surface area contributed by atoms with Crippen LogP contribution in [0.4, 0.5) is 37.8 Å². The molecule has 4 unspecified atom stereocenters. The summed E-state index contributed by atoms with van der Waals surface area (Å²) in [5.41, 5.74) is 4.61. The fraction of sp³-hybridized carbons (Fsp3) is 0.500. The summed E-state index contributed by atoms with van der Waals surface area (Å²) in [6, 6.07) is 3.87. The zero-order chi connectivity index (χ0) is 36.0. The number of aliphatic hydroxyl groups is 2. The van der Waals surface area contributed by atoms with Crippen molar-refractivity contribution in [2.75, 3.05) is 50.1 Å². The second-order valence-corrected chi connectivity index (χ2v) is 14.1. The van der Waals surface area contributed by atoms with Crippen LogP contribution in [0.1, 0.15) is 26.2 Å². The third-order valence-corrected chi connectivity index (χ3v) is 10.4. The van der Waals surface area contributed by atoms with Crippen molar-refractivity contribution in [2.24, 2.45) is 11.8 Å². The van der Waals surface area contributed by atoms with E-state index in [0.29, 0.717) is 13.0 Å². The number of benzene rings is 2. The number of pyridine rings is 1. The Morgan fingerprint density at radius 3 is 2.69 bits per heavy atom. The zero-order valence-corrected chi connectivity index (χ0v) is 27.3. The topological polar surface area (TPSA) is 139 Å². The second kappa shape index (κ2) is 11.9. The van der Waals surface area contributed by atoms with Gasteiger partial charge in [-0.15, -0.1) is 4.39 Å². The van der Waals surface area contributed by atoms with E-state index in [1.165, 1.54) is 24.4 Å². The molecule has 0 amide bonds. The van der Waals surface area contributed by atoms with E-state index in [-0.39, 0.29) is 84.1 Å². The van der Waals surface area contributed by atoms with E-state index < -0.39 is 64.8 Å². The minimum atomic E-state index is -4.28. The zero-order valence-electron chi connectivity index (χ0n) is 27.3. The molecule has 2 aliphatic heterocycles. The maximum absolute atomic E-state index is 16.9. The van der Waals surface area contributed by atoms with E-state index in [2.05, 4.69) is 19.7 Å². The van der Waals surface area contributed by atoms with E-state index in [1.807, 2.05) is 11.8 Å². The first kappa shape index (κ1) is 33.9. The highest BCUT2D eigenvalue weighted by molar-refractivity contribution is 6.04. The molecule has 0 spiro atoms. The number of anilines is 2. The average molecular weight is 721 g/mol. The Hall–Kier alpha value is -4.19. The van der Waals surface area contributed by atoms with Gasteiger partial charge in [-0.3, -0.25) is 9.88 Å². The number of alkyl halides is 4. The van der Waals surface area contributed by atoms with Gasteiger partial charge < -0.3 is 35.1 Å². The fourth-order valence-corrected chi connectivity index (χ4v) is 7.53. The van der Waals surface area contributed by atoms with Gasteiger partial charge in [0, 0.05) is 54.2 Å². The summed E-state index contributed by atoms with van der Waals surface area (Å²) in [6.07, 6.45) is -3.01. The summed E-state index contributed by atoms with van der Waals surface area (Å²) in [5.74, 6) is -6.91. The lowest BCUT2D eigenvalue weighted by molar-refractivity contribution is -0.375. The highest BCUT2D eigenvalue weighted by Crippen LogP contribution is 2.50. The maximum Gasteiger partial charge on any atom is 0.492 e. The van der Waals surface area contributed by atoms with Gasteiger partial charge in [-0.1, -0.05) is 6.07 Å². The molecule has 4 N–H and O–H groups in total. The van der Waals surface area contributed by atoms with Crippen LogP contribution < -0.4 is 20.1 Å². The van der Waals surface area contributed by atoms with E-state index in [1.54, 1.807) is 4.90 Å². The van der Waals surface area contributed by atoms with Gasteiger partial charge in [0.2, 0.25) is 0 Å². The molecule has 2 aliphatic carbocycles. The van der Waals surface area contributed by atoms with Crippen molar-refractivity contribution in [1.82, 2.24) is 19.9 Å². The van der Waals surface area contributed by atoms with Gasteiger partial charge in [0.25, 0.3) is 5.92 Å². The van der Waals surface area contributed by atoms with Crippen LogP contribution in [0, 0.1) is 23.5 Å². The lowest BCUT2D eigenvalue weighted by atomic mass is 9.98. The lowest BCUT2D eigenvalue weighted by Gasteiger charge is -2.35. The van der Waals surface area contributed by atoms with Gasteiger partial charge in [-0.2, -0.15) is 9.97 Å². The molecule has 5 atom stereocenters. The van der Waals surface area contributed by atoms with Crippen LogP contribution in [0.5, 0.6) is 11.8 Å². The molecule has 4 heterocycles. The fourth-order valence-electron chi connectivity index (χ4n) is 7.53. The van der Waals surface area contributed by atoms with E-state index >= 15 is 8.78 Å². The second-order valence-electron chi connectivity index (χ2n) is 14.1. The van der Waals surface area contributed by atoms with E-state index in [0.717, 1.165) is 12.5 Å². The molecule has 4 aliphatic rings. The Bertz CT molecular complexity index is 2040. The predicted octanol–water partition coefficient (Wildman–Crippen LogP) is 4.71. The Morgan fingerprint density at radius 1 is 1.16 bits per heavy atom. The molecular formula is C34H34F6N6O5. The summed E-state index contributed by atoms with van der Waals surface area (Å²) < 4.78 is 105. The standard InChI is InChI=1S/C34H34F6N6O5/c1-32(5-2-6-45(32)13-17-11-33(17,38)39)15-50-31-43-27-20(30(44-31)46-7-8-49-14-21-24(36)28(21)46)12-42-26(25(27)37)19-10-18(41)9-16-3-4-22(35)29(23(16)19)51-34(40,47)48/h3-4,9-10,12,17,21,24,28,47-48H,2,5-8,11,13-15,41H2,1H3/t17?,21?,24?,28?,32-/m1/s1. The molecule has 2 saturated carbocycles. The molecule has 11 nitrogen and oxygen atoms in total. The van der Waals surface area contributed by atoms with Gasteiger partial charge in [0.05, 0.1) is 30.2 Å². The molecule has 0 bridgehead atoms. The molecule has 2 aromatic heterocycles. The molecule has 2 saturated heterocycles. The summed E-state index contributed by atoms with van der Waals surface area (Å²) >= 11 is 0. The van der Waals surface area contributed by atoms with E-state index in [4.69, 9.17) is 15.2 Å². The Balaban J connectivity index is 1.24. The predicted molar refractivity (Wildman–Crippen MR) is 172 cm³/mol. The number of likely N-dealkylation sites (tertiary alicyclic amines) is 1. The van der Waals surface area contributed by atoms with Crippen molar-refractivity contribution in [3.05, 3.63) is 42.1 Å². The van der Waals surface area contributed by atoms with Crippen LogP contribution in [0.25, 0.3) is 32.9 Å². The van der Waals surface area contributed by atoms with Crippen LogP contribution in [0.2, 0.25) is 0 Å². The first-order valence-electron chi connectivity index (χ1n) is 16.6. The number of rotatable bonds is 9. The van der Waals surface area contributed by atoms with Crippen molar-refractivity contribution in [3.8, 4) is 23.0 Å². The first-order valence-corrected chi connectivity index (χ1v) is 16.6. The van der Waals surface area contributed by atoms with Crippen molar-refractivity contribution >= 4 is 33.2 Å². The first-order chi connectivity index (χ1) is 24.1. The molecule has 272 valence electrons. The van der Waals surface area contributed by atoms with Crippen LogP contribution in [-0.2, 0) is 4.74 Å². The van der Waals surface area contributed by atoms with Crippen molar-refractivity contribution in [3.63, 3.8) is 0 Å². The van der Waals surface area contributed by atoms with Crippen LogP contribution >= 0.6 is 0 Å². The molecule has 0 radical (unpaired) electrons. The maximum atomic E-state index is 16.9. The number of ether oxygens (including phenoxy) is 3. The number of halogens is 6. The quantitative estimate of drug-likeness (QED) is 0.126. The monoisotopic (exact) mass is 720 g/mol. The summed E-state index contributed by atoms with van der Waals surface area (Å²) in [4.78, 5) is 16.9. The summed E-state index contributed by atoms with van der Waals surface area (Å²) in [6.45, 7) is 3.34. The van der Waals surface area contributed by atoms with Gasteiger partial charge in [0.15, 0.2) is 17.4 Å². The number of hydrogen-bond donors (Lipinski definition) is 3. The number of aromatic nitrogens is 3. The summed E-state index contributed by atoms with van der Waals surface area (Å²) in [5, 5.41) is 18.6. The number of nitrogens with two attached hydrogens (primary N) is 1. The molecule has 8 rings (SSSR count). The highest BCUT2D eigenvalue weighted by atomic mass is 19.3. The number of fused-ring (bicyclic) bond motifs is 3. The molecule has 4 aromatic rings. The minimum absolute atomic E-state index is 0.0101. The third kappa shape index (κ3) is 6.13. The smallest absolute Gasteiger partial charge is 0.461 e. The Kier molecular flexibility index (Phi) is 7.94. The van der Waals surface area contributed by atoms with Crippen LogP contribution in [0.3, 0.4) is 0 Å². The minimum Gasteiger partial charge on any atom is -0.461 e. The Morgan fingerprint density at radius 2 is 1.94 bits per heavy atom. The third-order valence-electron chi connectivity index (χ3n) is 10.4. The molecule has 2 aromatic carbocycles. The number of nitrogens with zero attached hydrogens (tertiary/aromatic N) is 5. The molecule has 51 heavy (non-hydrogen) atoms. The largest absolute Gasteiger partial charge is 0.492 e. The van der Waals surface area contributed by atoms with Crippen molar-refractivity contribution in [2.45, 2.75) is 56.1 Å². The van der Waals surface area contributed by atoms with Gasteiger partial charge in [-0.25, -0.2) is 22.0 Å².